The SMILES string of the molecule is Cc1cc(N2CCOCC2)nc(Nc2ccc(NC(=O)C3(c4ccccc4)CCOCC3)cc2)n1. The normalized spacial score (nSPS) is 17.6. The predicted octanol–water partition coefficient (Wildman–Crippen LogP) is 4.05. The first kappa shape index (κ1) is 23.3. The number of hydrogen-bond donors (Lipinski definition) is 2. The molecule has 2 aliphatic rings. The van der Waals surface area contributed by atoms with E-state index in [0.717, 1.165) is 41.5 Å². The minimum absolute atomic E-state index is 0.00452. The highest BCUT2D eigenvalue weighted by atomic mass is 16.5. The summed E-state index contributed by atoms with van der Waals surface area (Å²) in [4.78, 5) is 24.9. The number of carbonyl (C=O) groups excluding carboxylic acids is 1. The molecule has 0 radical (unpaired) electrons. The molecule has 2 aromatic carbocycles. The van der Waals surface area contributed by atoms with Crippen LogP contribution in [0.3, 0.4) is 0 Å². The molecule has 2 N–H and O–H groups in total. The Morgan fingerprint density at radius 1 is 0.886 bits per heavy atom. The number of ether oxygens (including phenoxy) is 2. The summed E-state index contributed by atoms with van der Waals surface area (Å²) in [5.41, 5.74) is 2.95. The lowest BCUT2D eigenvalue weighted by atomic mass is 9.73. The molecule has 0 spiro atoms. The molecule has 0 saturated carbocycles. The first-order chi connectivity index (χ1) is 17.1. The summed E-state index contributed by atoms with van der Waals surface area (Å²) in [5, 5.41) is 6.42. The van der Waals surface area contributed by atoms with Crippen molar-refractivity contribution < 1.29 is 14.3 Å². The monoisotopic (exact) mass is 473 g/mol. The van der Waals surface area contributed by atoms with E-state index in [-0.39, 0.29) is 5.91 Å². The minimum atomic E-state index is -0.582. The van der Waals surface area contributed by atoms with Gasteiger partial charge in [-0.05, 0) is 49.6 Å². The van der Waals surface area contributed by atoms with Crippen LogP contribution in [-0.4, -0.2) is 55.4 Å². The van der Waals surface area contributed by atoms with Gasteiger partial charge < -0.3 is 25.0 Å². The second kappa shape index (κ2) is 10.4. The molecule has 0 bridgehead atoms. The number of hydrogen-bond acceptors (Lipinski definition) is 7. The Balaban J connectivity index is 1.29. The van der Waals surface area contributed by atoms with Gasteiger partial charge in [-0.1, -0.05) is 30.3 Å². The molecule has 182 valence electrons. The van der Waals surface area contributed by atoms with Crippen molar-refractivity contribution in [1.29, 1.82) is 0 Å². The summed E-state index contributed by atoms with van der Waals surface area (Å²) in [6, 6.07) is 19.7. The van der Waals surface area contributed by atoms with Gasteiger partial charge in [0.1, 0.15) is 5.82 Å². The Morgan fingerprint density at radius 2 is 1.54 bits per heavy atom. The number of nitrogens with one attached hydrogen (secondary N) is 2. The number of anilines is 4. The topological polar surface area (TPSA) is 88.6 Å². The van der Waals surface area contributed by atoms with E-state index >= 15 is 0 Å². The van der Waals surface area contributed by atoms with Crippen LogP contribution >= 0.6 is 0 Å². The van der Waals surface area contributed by atoms with E-state index < -0.39 is 5.41 Å². The number of carbonyl (C=O) groups is 1. The van der Waals surface area contributed by atoms with E-state index in [1.54, 1.807) is 0 Å². The zero-order valence-corrected chi connectivity index (χ0v) is 20.0. The zero-order valence-electron chi connectivity index (χ0n) is 20.0. The molecule has 2 fully saturated rings. The predicted molar refractivity (Wildman–Crippen MR) is 136 cm³/mol. The van der Waals surface area contributed by atoms with Crippen LogP contribution in [0.15, 0.2) is 60.7 Å². The molecule has 3 heterocycles. The summed E-state index contributed by atoms with van der Waals surface area (Å²) < 4.78 is 11.0. The highest BCUT2D eigenvalue weighted by molar-refractivity contribution is 5.99. The van der Waals surface area contributed by atoms with Gasteiger partial charge in [0.15, 0.2) is 0 Å². The van der Waals surface area contributed by atoms with Crippen molar-refractivity contribution in [2.75, 3.05) is 55.1 Å². The number of benzene rings is 2. The largest absolute Gasteiger partial charge is 0.381 e. The molecule has 0 unspecified atom stereocenters. The molecular formula is C27H31N5O3. The molecule has 35 heavy (non-hydrogen) atoms. The average molecular weight is 474 g/mol. The third-order valence-electron chi connectivity index (χ3n) is 6.68. The quantitative estimate of drug-likeness (QED) is 0.558. The van der Waals surface area contributed by atoms with Gasteiger partial charge in [-0.25, -0.2) is 4.98 Å². The van der Waals surface area contributed by atoms with Gasteiger partial charge in [0, 0.05) is 49.4 Å². The second-order valence-electron chi connectivity index (χ2n) is 9.01. The number of nitrogens with zero attached hydrogens (tertiary/aromatic N) is 3. The summed E-state index contributed by atoms with van der Waals surface area (Å²) in [5.74, 6) is 1.45. The summed E-state index contributed by atoms with van der Waals surface area (Å²) in [7, 11) is 0. The molecule has 1 amide bonds. The standard InChI is InChI=1S/C27H31N5O3/c1-20-19-24(32-13-17-35-18-14-32)31-26(28-20)30-23-9-7-22(8-10-23)29-25(33)27(11-15-34-16-12-27)21-5-3-2-4-6-21/h2-10,19H,11-18H2,1H3,(H,29,33)(H,28,30,31). The number of amides is 1. The lowest BCUT2D eigenvalue weighted by Crippen LogP contribution is -2.44. The van der Waals surface area contributed by atoms with Crippen LogP contribution in [0.5, 0.6) is 0 Å². The molecule has 2 saturated heterocycles. The second-order valence-corrected chi connectivity index (χ2v) is 9.01. The Labute approximate surface area is 205 Å². The van der Waals surface area contributed by atoms with Crippen LogP contribution in [0.25, 0.3) is 0 Å². The van der Waals surface area contributed by atoms with Crippen LogP contribution in [0.2, 0.25) is 0 Å². The molecule has 0 atom stereocenters. The Bertz CT molecular complexity index is 1140. The molecule has 8 nitrogen and oxygen atoms in total. The first-order valence-corrected chi connectivity index (χ1v) is 12.1. The lowest BCUT2D eigenvalue weighted by Gasteiger charge is -2.36. The van der Waals surface area contributed by atoms with E-state index in [0.29, 0.717) is 45.2 Å². The van der Waals surface area contributed by atoms with E-state index in [2.05, 4.69) is 20.5 Å². The molecule has 3 aromatic rings. The maximum atomic E-state index is 13.5. The maximum absolute atomic E-state index is 13.5. The van der Waals surface area contributed by atoms with Crippen LogP contribution in [0, 0.1) is 6.92 Å². The van der Waals surface area contributed by atoms with E-state index in [9.17, 15) is 4.79 Å². The molecule has 0 aliphatic carbocycles. The fraction of sp³-hybridized carbons (Fsp3) is 0.370. The third kappa shape index (κ3) is 5.28. The summed E-state index contributed by atoms with van der Waals surface area (Å²) in [6.45, 7) is 6.17. The van der Waals surface area contributed by atoms with Crippen molar-refractivity contribution in [3.63, 3.8) is 0 Å². The van der Waals surface area contributed by atoms with Crippen molar-refractivity contribution in [3.8, 4) is 0 Å². The Hall–Kier alpha value is -3.49. The number of aryl methyl sites for hydroxylation is 1. The van der Waals surface area contributed by atoms with Crippen LogP contribution < -0.4 is 15.5 Å². The average Bonchev–Trinajstić information content (AvgIpc) is 2.91. The highest BCUT2D eigenvalue weighted by Crippen LogP contribution is 2.36. The fourth-order valence-corrected chi connectivity index (χ4v) is 4.70. The van der Waals surface area contributed by atoms with Gasteiger partial charge >= 0.3 is 0 Å². The molecule has 2 aliphatic heterocycles. The van der Waals surface area contributed by atoms with Gasteiger partial charge in [0.25, 0.3) is 0 Å². The number of morpholine rings is 1. The van der Waals surface area contributed by atoms with Gasteiger partial charge in [-0.15, -0.1) is 0 Å². The Morgan fingerprint density at radius 3 is 2.26 bits per heavy atom. The van der Waals surface area contributed by atoms with E-state index in [1.165, 1.54) is 0 Å². The lowest BCUT2D eigenvalue weighted by molar-refractivity contribution is -0.125. The minimum Gasteiger partial charge on any atom is -0.381 e. The molecule has 1 aromatic heterocycles. The number of rotatable bonds is 6. The van der Waals surface area contributed by atoms with Gasteiger partial charge in [-0.2, -0.15) is 4.98 Å². The van der Waals surface area contributed by atoms with Crippen molar-refractivity contribution in [2.24, 2.45) is 0 Å². The van der Waals surface area contributed by atoms with Crippen LogP contribution in [0.4, 0.5) is 23.1 Å². The molecular weight excluding hydrogens is 442 g/mol. The number of aromatic nitrogens is 2. The van der Waals surface area contributed by atoms with Gasteiger partial charge in [-0.3, -0.25) is 4.79 Å². The van der Waals surface area contributed by atoms with Gasteiger partial charge in [0.2, 0.25) is 11.9 Å². The summed E-state index contributed by atoms with van der Waals surface area (Å²) in [6.07, 6.45) is 1.33. The third-order valence-corrected chi connectivity index (χ3v) is 6.68. The van der Waals surface area contributed by atoms with E-state index in [4.69, 9.17) is 14.5 Å². The zero-order chi connectivity index (χ0) is 24.1. The van der Waals surface area contributed by atoms with Crippen molar-refractivity contribution >= 4 is 29.0 Å². The van der Waals surface area contributed by atoms with Crippen LogP contribution in [-0.2, 0) is 19.7 Å². The van der Waals surface area contributed by atoms with Crippen molar-refractivity contribution in [2.45, 2.75) is 25.2 Å². The van der Waals surface area contributed by atoms with Crippen LogP contribution in [0.1, 0.15) is 24.1 Å². The van der Waals surface area contributed by atoms with Crippen molar-refractivity contribution in [1.82, 2.24) is 9.97 Å². The van der Waals surface area contributed by atoms with E-state index in [1.807, 2.05) is 67.6 Å². The molecule has 5 rings (SSSR count). The first-order valence-electron chi connectivity index (χ1n) is 12.1. The fourth-order valence-electron chi connectivity index (χ4n) is 4.70. The maximum Gasteiger partial charge on any atom is 0.235 e. The Kier molecular flexibility index (Phi) is 6.92. The highest BCUT2D eigenvalue weighted by Gasteiger charge is 2.41. The summed E-state index contributed by atoms with van der Waals surface area (Å²) >= 11 is 0. The molecule has 8 heteroatoms. The van der Waals surface area contributed by atoms with Gasteiger partial charge in [0.05, 0.1) is 18.6 Å². The smallest absolute Gasteiger partial charge is 0.235 e. The van der Waals surface area contributed by atoms with Crippen molar-refractivity contribution in [3.05, 3.63) is 71.9 Å².